The van der Waals surface area contributed by atoms with Crippen LogP contribution < -0.4 is 4.52 Å². The summed E-state index contributed by atoms with van der Waals surface area (Å²) < 4.78 is 17.1. The van der Waals surface area contributed by atoms with Gasteiger partial charge in [0.2, 0.25) is 5.88 Å². The minimum Gasteiger partial charge on any atom is -0.481 e. The van der Waals surface area contributed by atoms with Crippen molar-refractivity contribution in [1.29, 1.82) is 0 Å². The molecule has 0 radical (unpaired) electrons. The van der Waals surface area contributed by atoms with Crippen molar-refractivity contribution in [2.24, 2.45) is 0 Å². The van der Waals surface area contributed by atoms with Gasteiger partial charge in [0.25, 0.3) is 0 Å². The average Bonchev–Trinajstić information content (AvgIpc) is 2.38. The van der Waals surface area contributed by atoms with E-state index in [-0.39, 0.29) is 18.5 Å². The van der Waals surface area contributed by atoms with E-state index >= 15 is 0 Å². The van der Waals surface area contributed by atoms with E-state index in [0.717, 1.165) is 0 Å². The first-order valence-corrected chi connectivity index (χ1v) is 7.93. The highest BCUT2D eigenvalue weighted by molar-refractivity contribution is 7.52. The molecule has 0 spiro atoms. The minimum atomic E-state index is -3.90. The molecule has 0 aliphatic heterocycles. The molecule has 0 bridgehead atoms. The number of hydrogen-bond acceptors (Lipinski definition) is 4. The number of carboxylic acid groups (broad SMARTS) is 1. The monoisotopic (exact) mass is 307 g/mol. The van der Waals surface area contributed by atoms with Crippen molar-refractivity contribution in [2.45, 2.75) is 12.6 Å². The first-order chi connectivity index (χ1) is 9.94. The lowest BCUT2D eigenvalue weighted by molar-refractivity contribution is -0.136. The molecule has 2 aromatic rings. The molecule has 110 valence electrons. The summed E-state index contributed by atoms with van der Waals surface area (Å²) in [5, 5.41) is 8.72. The van der Waals surface area contributed by atoms with Gasteiger partial charge < -0.3 is 14.5 Å². The second kappa shape index (κ2) is 6.52. The maximum atomic E-state index is 12.1. The number of rotatable bonds is 6. The van der Waals surface area contributed by atoms with Crippen LogP contribution in [0.5, 0.6) is 5.88 Å². The Bertz CT molecular complexity index is 674. The molecule has 1 atom stereocenters. The van der Waals surface area contributed by atoms with Gasteiger partial charge in [-0.2, -0.15) is 0 Å². The van der Waals surface area contributed by atoms with Crippen LogP contribution in [0, 0.1) is 0 Å². The number of aliphatic carboxylic acids is 1. The predicted octanol–water partition coefficient (Wildman–Crippen LogP) is 2.47. The second-order valence-electron chi connectivity index (χ2n) is 4.45. The Morgan fingerprint density at radius 1 is 1.19 bits per heavy atom. The summed E-state index contributed by atoms with van der Waals surface area (Å²) >= 11 is 0. The molecule has 0 aliphatic carbocycles. The van der Waals surface area contributed by atoms with Crippen LogP contribution in [-0.4, -0.2) is 21.0 Å². The summed E-state index contributed by atoms with van der Waals surface area (Å²) in [6.45, 7) is 0. The van der Waals surface area contributed by atoms with E-state index in [9.17, 15) is 14.3 Å². The molecule has 2 rings (SSSR count). The highest BCUT2D eigenvalue weighted by Gasteiger charge is 2.22. The molecule has 7 heteroatoms. The third-order valence-electron chi connectivity index (χ3n) is 2.62. The number of hydrogen-bond donors (Lipinski definition) is 2. The van der Waals surface area contributed by atoms with E-state index < -0.39 is 13.6 Å². The zero-order valence-corrected chi connectivity index (χ0v) is 11.9. The fraction of sp³-hybridized carbons (Fsp3) is 0.143. The molecule has 0 fully saturated rings. The SMILES string of the molecule is O=C(O)Cc1ccnc(OP(=O)(O)Cc2ccccc2)c1. The molecule has 0 saturated carbocycles. The third-order valence-corrected chi connectivity index (χ3v) is 3.85. The van der Waals surface area contributed by atoms with Gasteiger partial charge in [0.15, 0.2) is 0 Å². The molecule has 1 aromatic carbocycles. The van der Waals surface area contributed by atoms with E-state index in [1.807, 2.05) is 6.07 Å². The maximum absolute atomic E-state index is 12.1. The van der Waals surface area contributed by atoms with Crippen molar-refractivity contribution in [1.82, 2.24) is 4.98 Å². The number of aromatic nitrogens is 1. The van der Waals surface area contributed by atoms with Crippen LogP contribution in [0.4, 0.5) is 0 Å². The van der Waals surface area contributed by atoms with Crippen molar-refractivity contribution >= 4 is 13.6 Å². The highest BCUT2D eigenvalue weighted by atomic mass is 31.2. The summed E-state index contributed by atoms with van der Waals surface area (Å²) in [5.74, 6) is -1.06. The molecule has 1 aromatic heterocycles. The molecular formula is C14H14NO5P. The lowest BCUT2D eigenvalue weighted by atomic mass is 10.2. The van der Waals surface area contributed by atoms with Crippen LogP contribution >= 0.6 is 7.60 Å². The van der Waals surface area contributed by atoms with Crippen LogP contribution in [0.15, 0.2) is 48.7 Å². The maximum Gasteiger partial charge on any atom is 0.382 e. The Morgan fingerprint density at radius 3 is 2.57 bits per heavy atom. The van der Waals surface area contributed by atoms with Gasteiger partial charge in [0, 0.05) is 12.3 Å². The first kappa shape index (κ1) is 15.2. The number of pyridine rings is 1. The van der Waals surface area contributed by atoms with Crippen molar-refractivity contribution in [3.8, 4) is 5.88 Å². The minimum absolute atomic E-state index is 0.0597. The summed E-state index contributed by atoms with van der Waals surface area (Å²) in [6.07, 6.45) is 1.00. The zero-order valence-electron chi connectivity index (χ0n) is 11.0. The van der Waals surface area contributed by atoms with E-state index in [1.54, 1.807) is 24.3 Å². The molecule has 0 saturated heterocycles. The van der Waals surface area contributed by atoms with Gasteiger partial charge in [-0.25, -0.2) is 9.55 Å². The van der Waals surface area contributed by atoms with Crippen LogP contribution in [0.25, 0.3) is 0 Å². The molecule has 1 heterocycles. The van der Waals surface area contributed by atoms with Crippen LogP contribution in [-0.2, 0) is 21.9 Å². The van der Waals surface area contributed by atoms with Crippen molar-refractivity contribution in [2.75, 3.05) is 0 Å². The van der Waals surface area contributed by atoms with Gasteiger partial charge in [-0.05, 0) is 17.2 Å². The predicted molar refractivity (Wildman–Crippen MR) is 76.2 cm³/mol. The lowest BCUT2D eigenvalue weighted by Crippen LogP contribution is -2.02. The molecule has 1 unspecified atom stereocenters. The quantitative estimate of drug-likeness (QED) is 0.796. The summed E-state index contributed by atoms with van der Waals surface area (Å²) in [5.41, 5.74) is 1.12. The largest absolute Gasteiger partial charge is 0.481 e. The highest BCUT2D eigenvalue weighted by Crippen LogP contribution is 2.45. The molecule has 0 amide bonds. The van der Waals surface area contributed by atoms with E-state index in [2.05, 4.69) is 4.98 Å². The smallest absolute Gasteiger partial charge is 0.382 e. The average molecular weight is 307 g/mol. The van der Waals surface area contributed by atoms with Gasteiger partial charge in [-0.3, -0.25) is 4.79 Å². The lowest BCUT2D eigenvalue weighted by Gasteiger charge is -2.13. The number of carboxylic acids is 1. The fourth-order valence-corrected chi connectivity index (χ4v) is 2.91. The van der Waals surface area contributed by atoms with Crippen molar-refractivity contribution in [3.05, 3.63) is 59.8 Å². The normalized spacial score (nSPS) is 13.4. The Morgan fingerprint density at radius 2 is 1.90 bits per heavy atom. The Labute approximate surface area is 121 Å². The van der Waals surface area contributed by atoms with Crippen molar-refractivity contribution < 1.29 is 23.9 Å². The Kier molecular flexibility index (Phi) is 4.73. The van der Waals surface area contributed by atoms with Gasteiger partial charge in [-0.1, -0.05) is 30.3 Å². The summed E-state index contributed by atoms with van der Waals surface area (Å²) in [7, 11) is -3.90. The Hall–Kier alpha value is -2.17. The standard InChI is InChI=1S/C14H14NO5P/c16-14(17)9-12-6-7-15-13(8-12)20-21(18,19)10-11-4-2-1-3-5-11/h1-8H,9-10H2,(H,16,17)(H,18,19). The first-order valence-electron chi connectivity index (χ1n) is 6.17. The topological polar surface area (TPSA) is 96.7 Å². The van der Waals surface area contributed by atoms with E-state index in [0.29, 0.717) is 11.1 Å². The van der Waals surface area contributed by atoms with E-state index in [1.165, 1.54) is 18.3 Å². The number of benzene rings is 1. The van der Waals surface area contributed by atoms with Crippen LogP contribution in [0.3, 0.4) is 0 Å². The van der Waals surface area contributed by atoms with Crippen LogP contribution in [0.2, 0.25) is 0 Å². The number of nitrogens with zero attached hydrogens (tertiary/aromatic N) is 1. The van der Waals surface area contributed by atoms with Gasteiger partial charge in [-0.15, -0.1) is 0 Å². The van der Waals surface area contributed by atoms with Gasteiger partial charge >= 0.3 is 13.6 Å². The van der Waals surface area contributed by atoms with Gasteiger partial charge in [0.05, 0.1) is 12.6 Å². The molecule has 21 heavy (non-hydrogen) atoms. The molecule has 6 nitrogen and oxygen atoms in total. The molecule has 0 aliphatic rings. The number of carbonyl (C=O) groups is 1. The summed E-state index contributed by atoms with van der Waals surface area (Å²) in [4.78, 5) is 24.3. The Balaban J connectivity index is 2.09. The van der Waals surface area contributed by atoms with E-state index in [4.69, 9.17) is 9.63 Å². The second-order valence-corrected chi connectivity index (χ2v) is 6.22. The zero-order chi connectivity index (χ0) is 15.3. The molecule has 2 N–H and O–H groups in total. The molecular weight excluding hydrogens is 293 g/mol. The van der Waals surface area contributed by atoms with Gasteiger partial charge in [0.1, 0.15) is 0 Å². The van der Waals surface area contributed by atoms with Crippen LogP contribution in [0.1, 0.15) is 11.1 Å². The third kappa shape index (κ3) is 5.02. The summed E-state index contributed by atoms with van der Waals surface area (Å²) in [6, 6.07) is 11.6. The van der Waals surface area contributed by atoms with Crippen molar-refractivity contribution in [3.63, 3.8) is 0 Å². The fourth-order valence-electron chi connectivity index (χ4n) is 1.78.